The van der Waals surface area contributed by atoms with Gasteiger partial charge in [-0.25, -0.2) is 9.59 Å². The summed E-state index contributed by atoms with van der Waals surface area (Å²) in [6.45, 7) is 5.32. The number of ether oxygens (including phenoxy) is 1. The SMILES string of the molecule is Cc1ccc(S(=O)(=O)O[C@H](C)C(=O)OC(C)(C)C(=O)O)cc1. The van der Waals surface area contributed by atoms with Crippen molar-refractivity contribution in [3.63, 3.8) is 0 Å². The van der Waals surface area contributed by atoms with E-state index in [0.717, 1.165) is 5.56 Å². The van der Waals surface area contributed by atoms with Gasteiger partial charge in [-0.05, 0) is 39.8 Å². The predicted octanol–water partition coefficient (Wildman–Crippen LogP) is 1.50. The molecular formula is C14H18O7S. The van der Waals surface area contributed by atoms with Crippen molar-refractivity contribution in [1.82, 2.24) is 0 Å². The highest BCUT2D eigenvalue weighted by Gasteiger charge is 2.35. The molecule has 1 N–H and O–H groups in total. The normalized spacial score (nSPS) is 13.5. The molecule has 122 valence electrons. The van der Waals surface area contributed by atoms with Gasteiger partial charge in [0.15, 0.2) is 6.10 Å². The van der Waals surface area contributed by atoms with Gasteiger partial charge in [0.1, 0.15) is 0 Å². The summed E-state index contributed by atoms with van der Waals surface area (Å²) in [5.74, 6) is -2.43. The summed E-state index contributed by atoms with van der Waals surface area (Å²) < 4.78 is 33.5. The number of benzene rings is 1. The van der Waals surface area contributed by atoms with Gasteiger partial charge in [0.25, 0.3) is 10.1 Å². The number of hydrogen-bond acceptors (Lipinski definition) is 6. The van der Waals surface area contributed by atoms with Gasteiger partial charge in [-0.2, -0.15) is 8.42 Å². The van der Waals surface area contributed by atoms with E-state index in [2.05, 4.69) is 0 Å². The van der Waals surface area contributed by atoms with E-state index in [1.807, 2.05) is 0 Å². The molecule has 0 spiro atoms. The van der Waals surface area contributed by atoms with Crippen LogP contribution in [0.4, 0.5) is 0 Å². The van der Waals surface area contributed by atoms with Crippen LogP contribution >= 0.6 is 0 Å². The molecule has 1 atom stereocenters. The van der Waals surface area contributed by atoms with Gasteiger partial charge in [-0.3, -0.25) is 4.18 Å². The molecule has 1 aromatic carbocycles. The third kappa shape index (κ3) is 4.54. The number of carbonyl (C=O) groups is 2. The lowest BCUT2D eigenvalue weighted by atomic mass is 10.1. The maximum atomic E-state index is 12.0. The minimum absolute atomic E-state index is 0.102. The van der Waals surface area contributed by atoms with Gasteiger partial charge in [0.2, 0.25) is 5.60 Å². The zero-order chi connectivity index (χ0) is 17.1. The molecule has 1 rings (SSSR count). The number of esters is 1. The maximum Gasteiger partial charge on any atom is 0.347 e. The summed E-state index contributed by atoms with van der Waals surface area (Å²) in [5, 5.41) is 8.87. The Morgan fingerprint density at radius 3 is 2.14 bits per heavy atom. The van der Waals surface area contributed by atoms with E-state index in [1.54, 1.807) is 19.1 Å². The van der Waals surface area contributed by atoms with Crippen LogP contribution in [0.2, 0.25) is 0 Å². The highest BCUT2D eigenvalue weighted by atomic mass is 32.2. The average molecular weight is 330 g/mol. The molecule has 0 aliphatic heterocycles. The zero-order valence-corrected chi connectivity index (χ0v) is 13.5. The quantitative estimate of drug-likeness (QED) is 0.622. The highest BCUT2D eigenvalue weighted by molar-refractivity contribution is 7.86. The third-order valence-corrected chi connectivity index (χ3v) is 4.17. The number of rotatable bonds is 6. The van der Waals surface area contributed by atoms with Crippen molar-refractivity contribution >= 4 is 22.1 Å². The van der Waals surface area contributed by atoms with E-state index in [0.29, 0.717) is 0 Å². The Labute approximate surface area is 129 Å². The van der Waals surface area contributed by atoms with Crippen LogP contribution in [0.3, 0.4) is 0 Å². The first kappa shape index (κ1) is 18.1. The Hall–Kier alpha value is -1.93. The van der Waals surface area contributed by atoms with Crippen LogP contribution in [-0.4, -0.2) is 37.2 Å². The van der Waals surface area contributed by atoms with Crippen molar-refractivity contribution in [3.8, 4) is 0 Å². The fourth-order valence-corrected chi connectivity index (χ4v) is 2.41. The Morgan fingerprint density at radius 1 is 1.18 bits per heavy atom. The molecule has 0 saturated carbocycles. The zero-order valence-electron chi connectivity index (χ0n) is 12.7. The molecule has 1 aromatic rings. The molecule has 0 saturated heterocycles. The van der Waals surface area contributed by atoms with Crippen molar-refractivity contribution < 1.29 is 32.0 Å². The summed E-state index contributed by atoms with van der Waals surface area (Å²) in [5.41, 5.74) is -0.905. The Morgan fingerprint density at radius 2 is 1.68 bits per heavy atom. The van der Waals surface area contributed by atoms with E-state index < -0.39 is 33.8 Å². The van der Waals surface area contributed by atoms with Crippen molar-refractivity contribution in [3.05, 3.63) is 29.8 Å². The minimum atomic E-state index is -4.15. The Bertz CT molecular complexity index is 659. The van der Waals surface area contributed by atoms with E-state index in [9.17, 15) is 18.0 Å². The third-order valence-electron chi connectivity index (χ3n) is 2.78. The minimum Gasteiger partial charge on any atom is -0.478 e. The standard InChI is InChI=1S/C14H18O7S/c1-9-5-7-11(8-6-9)22(18,19)21-10(2)12(15)20-14(3,4)13(16)17/h5-8,10H,1-4H3,(H,16,17)/t10-/m1/s1. The van der Waals surface area contributed by atoms with E-state index >= 15 is 0 Å². The largest absolute Gasteiger partial charge is 0.478 e. The molecule has 7 nitrogen and oxygen atoms in total. The van der Waals surface area contributed by atoms with Crippen LogP contribution < -0.4 is 0 Å². The summed E-state index contributed by atoms with van der Waals surface area (Å²) in [7, 11) is -4.15. The van der Waals surface area contributed by atoms with Crippen LogP contribution in [-0.2, 0) is 28.6 Å². The lowest BCUT2D eigenvalue weighted by molar-refractivity contribution is -0.178. The van der Waals surface area contributed by atoms with E-state index in [-0.39, 0.29) is 4.90 Å². The molecule has 0 aromatic heterocycles. The molecule has 0 amide bonds. The molecule has 0 aliphatic rings. The second-order valence-electron chi connectivity index (χ2n) is 5.24. The fraction of sp³-hybridized carbons (Fsp3) is 0.429. The number of carboxylic acids is 1. The second kappa shape index (κ2) is 6.45. The first-order valence-corrected chi connectivity index (χ1v) is 7.83. The summed E-state index contributed by atoms with van der Waals surface area (Å²) in [4.78, 5) is 22.5. The molecule has 8 heteroatoms. The smallest absolute Gasteiger partial charge is 0.347 e. The highest BCUT2D eigenvalue weighted by Crippen LogP contribution is 2.17. The van der Waals surface area contributed by atoms with Crippen molar-refractivity contribution in [1.29, 1.82) is 0 Å². The van der Waals surface area contributed by atoms with Crippen LogP contribution in [0.25, 0.3) is 0 Å². The molecule has 0 unspecified atom stereocenters. The number of carboxylic acid groups (broad SMARTS) is 1. The Kier molecular flexibility index (Phi) is 5.31. The molecule has 0 radical (unpaired) electrons. The van der Waals surface area contributed by atoms with Gasteiger partial charge in [-0.15, -0.1) is 0 Å². The Balaban J connectivity index is 2.83. The first-order valence-electron chi connectivity index (χ1n) is 6.42. The van der Waals surface area contributed by atoms with Crippen molar-refractivity contribution in [2.75, 3.05) is 0 Å². The molecule has 0 heterocycles. The van der Waals surface area contributed by atoms with Gasteiger partial charge in [0.05, 0.1) is 4.90 Å². The van der Waals surface area contributed by atoms with Crippen LogP contribution in [0.1, 0.15) is 26.3 Å². The van der Waals surface area contributed by atoms with Crippen LogP contribution in [0.5, 0.6) is 0 Å². The molecule has 22 heavy (non-hydrogen) atoms. The summed E-state index contributed by atoms with van der Waals surface area (Å²) in [6, 6.07) is 5.88. The van der Waals surface area contributed by atoms with Gasteiger partial charge < -0.3 is 9.84 Å². The van der Waals surface area contributed by atoms with E-state index in [1.165, 1.54) is 32.9 Å². The number of aliphatic carboxylic acids is 1. The molecule has 0 bridgehead atoms. The molecule has 0 fully saturated rings. The molecule has 0 aliphatic carbocycles. The summed E-state index contributed by atoms with van der Waals surface area (Å²) in [6.07, 6.45) is -1.47. The lowest BCUT2D eigenvalue weighted by Crippen LogP contribution is -2.40. The number of aryl methyl sites for hydroxylation is 1. The number of hydrogen-bond donors (Lipinski definition) is 1. The lowest BCUT2D eigenvalue weighted by Gasteiger charge is -2.22. The fourth-order valence-electron chi connectivity index (χ4n) is 1.37. The summed E-state index contributed by atoms with van der Waals surface area (Å²) >= 11 is 0. The van der Waals surface area contributed by atoms with Crippen molar-refractivity contribution in [2.45, 2.75) is 44.3 Å². The number of carbonyl (C=O) groups excluding carboxylic acids is 1. The van der Waals surface area contributed by atoms with Gasteiger partial charge in [-0.1, -0.05) is 17.7 Å². The maximum absolute atomic E-state index is 12.0. The van der Waals surface area contributed by atoms with Crippen molar-refractivity contribution in [2.24, 2.45) is 0 Å². The van der Waals surface area contributed by atoms with Gasteiger partial charge in [0, 0.05) is 0 Å². The molecular weight excluding hydrogens is 312 g/mol. The first-order chi connectivity index (χ1) is 9.95. The monoisotopic (exact) mass is 330 g/mol. The van der Waals surface area contributed by atoms with Gasteiger partial charge >= 0.3 is 11.9 Å². The average Bonchev–Trinajstić information content (AvgIpc) is 2.37. The predicted molar refractivity (Wildman–Crippen MR) is 76.7 cm³/mol. The van der Waals surface area contributed by atoms with Crippen LogP contribution in [0.15, 0.2) is 29.2 Å². The topological polar surface area (TPSA) is 107 Å². The second-order valence-corrected chi connectivity index (χ2v) is 6.81. The van der Waals surface area contributed by atoms with Crippen LogP contribution in [0, 0.1) is 6.92 Å². The van der Waals surface area contributed by atoms with E-state index in [4.69, 9.17) is 14.0 Å².